The van der Waals surface area contributed by atoms with Crippen LogP contribution in [-0.4, -0.2) is 22.0 Å². The lowest BCUT2D eigenvalue weighted by molar-refractivity contribution is -0.384. The van der Waals surface area contributed by atoms with Gasteiger partial charge in [-0.15, -0.1) is 0 Å². The monoisotopic (exact) mass is 370 g/mol. The molecule has 0 aliphatic carbocycles. The Bertz CT molecular complexity index is 729. The van der Waals surface area contributed by atoms with Gasteiger partial charge in [0, 0.05) is 33.4 Å². The van der Waals surface area contributed by atoms with Gasteiger partial charge in [-0.2, -0.15) is 5.10 Å². The number of nitrogens with one attached hydrogen (secondary N) is 2. The van der Waals surface area contributed by atoms with E-state index in [4.69, 9.17) is 11.6 Å². The summed E-state index contributed by atoms with van der Waals surface area (Å²) in [4.78, 5) is 24.6. The first kappa shape index (κ1) is 15.2. The number of hydrogen-bond acceptors (Lipinski definition) is 4. The zero-order valence-corrected chi connectivity index (χ0v) is 12.7. The molecule has 0 aliphatic rings. The van der Waals surface area contributed by atoms with Gasteiger partial charge in [0.05, 0.1) is 11.1 Å². The van der Waals surface area contributed by atoms with Crippen molar-refractivity contribution in [3.8, 4) is 0 Å². The summed E-state index contributed by atoms with van der Waals surface area (Å²) >= 11 is 9.10. The standard InChI is InChI=1S/C12H8BrClN4O3/c13-8-4-11(15-6-8)12(19)17-16-5-7-3-9(18(20)21)1-2-10(7)14/h1-6,15H,(H,17,19)/b16-5-. The summed E-state index contributed by atoms with van der Waals surface area (Å²) in [7, 11) is 0. The number of hydrazone groups is 1. The van der Waals surface area contributed by atoms with E-state index in [0.29, 0.717) is 16.3 Å². The fraction of sp³-hybridized carbons (Fsp3) is 0. The quantitative estimate of drug-likeness (QED) is 0.490. The van der Waals surface area contributed by atoms with Crippen molar-refractivity contribution in [2.75, 3.05) is 0 Å². The Morgan fingerprint density at radius 3 is 2.86 bits per heavy atom. The van der Waals surface area contributed by atoms with E-state index in [1.54, 1.807) is 12.3 Å². The van der Waals surface area contributed by atoms with E-state index in [1.165, 1.54) is 24.4 Å². The van der Waals surface area contributed by atoms with Crippen LogP contribution < -0.4 is 5.43 Å². The Labute approximate surface area is 132 Å². The highest BCUT2D eigenvalue weighted by Gasteiger charge is 2.09. The Kier molecular flexibility index (Phi) is 4.71. The van der Waals surface area contributed by atoms with Crippen LogP contribution >= 0.6 is 27.5 Å². The maximum Gasteiger partial charge on any atom is 0.287 e. The van der Waals surface area contributed by atoms with Gasteiger partial charge in [-0.1, -0.05) is 11.6 Å². The molecule has 0 atom stereocenters. The Hall–Kier alpha value is -2.19. The van der Waals surface area contributed by atoms with Crippen molar-refractivity contribution in [2.24, 2.45) is 5.10 Å². The molecule has 0 radical (unpaired) electrons. The molecule has 0 saturated carbocycles. The van der Waals surface area contributed by atoms with Crippen molar-refractivity contribution >= 4 is 45.3 Å². The number of carbonyl (C=O) groups excluding carboxylic acids is 1. The van der Waals surface area contributed by atoms with Crippen LogP contribution in [0, 0.1) is 10.1 Å². The number of carbonyl (C=O) groups is 1. The van der Waals surface area contributed by atoms with Gasteiger partial charge in [0.1, 0.15) is 5.69 Å². The van der Waals surface area contributed by atoms with Crippen molar-refractivity contribution in [1.29, 1.82) is 0 Å². The molecule has 0 aliphatic heterocycles. The fourth-order valence-corrected chi connectivity index (χ4v) is 1.97. The van der Waals surface area contributed by atoms with Crippen LogP contribution in [0.5, 0.6) is 0 Å². The molecule has 0 spiro atoms. The largest absolute Gasteiger partial charge is 0.356 e. The minimum atomic E-state index is -0.539. The molecule has 2 rings (SSSR count). The molecule has 0 saturated heterocycles. The predicted octanol–water partition coefficient (Wildman–Crippen LogP) is 3.10. The first-order valence-electron chi connectivity index (χ1n) is 5.58. The van der Waals surface area contributed by atoms with Crippen molar-refractivity contribution < 1.29 is 9.72 Å². The molecule has 0 fully saturated rings. The molecule has 2 N–H and O–H groups in total. The van der Waals surface area contributed by atoms with Crippen LogP contribution in [0.25, 0.3) is 0 Å². The zero-order valence-electron chi connectivity index (χ0n) is 10.3. The Morgan fingerprint density at radius 1 is 1.48 bits per heavy atom. The van der Waals surface area contributed by atoms with Crippen LogP contribution in [0.15, 0.2) is 40.0 Å². The van der Waals surface area contributed by atoms with Gasteiger partial charge in [-0.25, -0.2) is 5.43 Å². The lowest BCUT2D eigenvalue weighted by Crippen LogP contribution is -2.17. The van der Waals surface area contributed by atoms with E-state index in [0.717, 1.165) is 4.47 Å². The molecule has 108 valence electrons. The molecular formula is C12H8BrClN4O3. The molecule has 0 bridgehead atoms. The van der Waals surface area contributed by atoms with Gasteiger partial charge >= 0.3 is 0 Å². The molecule has 9 heteroatoms. The van der Waals surface area contributed by atoms with E-state index >= 15 is 0 Å². The molecule has 0 unspecified atom stereocenters. The number of nitro benzene ring substituents is 1. The number of non-ortho nitro benzene ring substituents is 1. The number of nitrogens with zero attached hydrogens (tertiary/aromatic N) is 2. The van der Waals surface area contributed by atoms with Gasteiger partial charge in [0.25, 0.3) is 11.6 Å². The number of rotatable bonds is 4. The van der Waals surface area contributed by atoms with E-state index < -0.39 is 10.8 Å². The predicted molar refractivity (Wildman–Crippen MR) is 81.7 cm³/mol. The fourth-order valence-electron chi connectivity index (χ4n) is 1.46. The lowest BCUT2D eigenvalue weighted by Gasteiger charge is -1.99. The third-order valence-electron chi connectivity index (χ3n) is 2.45. The summed E-state index contributed by atoms with van der Waals surface area (Å²) in [6.45, 7) is 0. The number of halogens is 2. The summed E-state index contributed by atoms with van der Waals surface area (Å²) in [6, 6.07) is 5.54. The molecule has 1 aromatic heterocycles. The van der Waals surface area contributed by atoms with Crippen LogP contribution in [0.1, 0.15) is 16.1 Å². The second-order valence-corrected chi connectivity index (χ2v) is 5.22. The summed E-state index contributed by atoms with van der Waals surface area (Å²) in [6.07, 6.45) is 2.85. The minimum Gasteiger partial charge on any atom is -0.356 e. The number of hydrogen-bond donors (Lipinski definition) is 2. The van der Waals surface area contributed by atoms with E-state index in [1.807, 2.05) is 0 Å². The van der Waals surface area contributed by atoms with Crippen LogP contribution in [0.2, 0.25) is 5.02 Å². The van der Waals surface area contributed by atoms with Crippen molar-refractivity contribution in [2.45, 2.75) is 0 Å². The summed E-state index contributed by atoms with van der Waals surface area (Å²) in [5.74, 6) is -0.446. The average Bonchev–Trinajstić information content (AvgIpc) is 2.87. The second kappa shape index (κ2) is 6.51. The van der Waals surface area contributed by atoms with Gasteiger partial charge < -0.3 is 4.98 Å². The van der Waals surface area contributed by atoms with Crippen LogP contribution in [0.4, 0.5) is 5.69 Å². The smallest absolute Gasteiger partial charge is 0.287 e. The van der Waals surface area contributed by atoms with Gasteiger partial charge in [0.2, 0.25) is 0 Å². The number of H-pyrrole nitrogens is 1. The number of aromatic amines is 1. The number of benzene rings is 1. The van der Waals surface area contributed by atoms with E-state index in [9.17, 15) is 14.9 Å². The molecular weight excluding hydrogens is 364 g/mol. The average molecular weight is 372 g/mol. The number of amides is 1. The van der Waals surface area contributed by atoms with E-state index in [-0.39, 0.29) is 5.69 Å². The molecule has 2 aromatic rings. The Morgan fingerprint density at radius 2 is 2.24 bits per heavy atom. The SMILES string of the molecule is O=C(N/N=C\c1cc([N+](=O)[O-])ccc1Cl)c1cc(Br)c[nH]1. The molecule has 7 nitrogen and oxygen atoms in total. The Balaban J connectivity index is 2.09. The summed E-state index contributed by atoms with van der Waals surface area (Å²) < 4.78 is 0.735. The maximum atomic E-state index is 11.7. The topological polar surface area (TPSA) is 100 Å². The second-order valence-electron chi connectivity index (χ2n) is 3.89. The normalized spacial score (nSPS) is 10.8. The van der Waals surface area contributed by atoms with Gasteiger partial charge in [0.15, 0.2) is 0 Å². The maximum absolute atomic E-state index is 11.7. The first-order chi connectivity index (χ1) is 9.97. The zero-order chi connectivity index (χ0) is 15.4. The third-order valence-corrected chi connectivity index (χ3v) is 3.25. The van der Waals surface area contributed by atoms with Crippen molar-refractivity contribution in [3.63, 3.8) is 0 Å². The van der Waals surface area contributed by atoms with Crippen molar-refractivity contribution in [1.82, 2.24) is 10.4 Å². The third kappa shape index (κ3) is 3.89. The number of nitro groups is 1. The van der Waals surface area contributed by atoms with Crippen LogP contribution in [0.3, 0.4) is 0 Å². The summed E-state index contributed by atoms with van der Waals surface area (Å²) in [5, 5.41) is 14.7. The molecule has 1 heterocycles. The highest BCUT2D eigenvalue weighted by molar-refractivity contribution is 9.10. The molecule has 1 amide bonds. The first-order valence-corrected chi connectivity index (χ1v) is 6.76. The minimum absolute atomic E-state index is 0.111. The molecule has 1 aromatic carbocycles. The lowest BCUT2D eigenvalue weighted by atomic mass is 10.2. The highest BCUT2D eigenvalue weighted by Crippen LogP contribution is 2.20. The number of aromatic nitrogens is 1. The van der Waals surface area contributed by atoms with Gasteiger partial charge in [-0.3, -0.25) is 14.9 Å². The van der Waals surface area contributed by atoms with E-state index in [2.05, 4.69) is 31.4 Å². The highest BCUT2D eigenvalue weighted by atomic mass is 79.9. The summed E-state index contributed by atoms with van der Waals surface area (Å²) in [5.41, 5.74) is 2.83. The van der Waals surface area contributed by atoms with Gasteiger partial charge in [-0.05, 0) is 28.1 Å². The molecule has 21 heavy (non-hydrogen) atoms. The van der Waals surface area contributed by atoms with Crippen LogP contribution in [-0.2, 0) is 0 Å². The van der Waals surface area contributed by atoms with Crippen molar-refractivity contribution in [3.05, 3.63) is 61.3 Å².